The molecule has 0 amide bonds. The second-order valence-corrected chi connectivity index (χ2v) is 6.08. The maximum atomic E-state index is 12.2. The van der Waals surface area contributed by atoms with Crippen LogP contribution in [0, 0.1) is 0 Å². The minimum absolute atomic E-state index is 0.0779. The van der Waals surface area contributed by atoms with Gasteiger partial charge in [-0.25, -0.2) is 0 Å². The molecule has 0 aromatic rings. The predicted molar refractivity (Wildman–Crippen MR) is 76.1 cm³/mol. The number of carbonyl (C=O) groups excluding carboxylic acids is 1. The minimum atomic E-state index is -0.450. The molecule has 4 nitrogen and oxygen atoms in total. The molecule has 3 atom stereocenters. The number of hydrogen-bond donors (Lipinski definition) is 1. The number of hydrogen-bond acceptors (Lipinski definition) is 4. The molecule has 4 heteroatoms. The first kappa shape index (κ1) is 14.8. The maximum Gasteiger partial charge on any atom is 0.326 e. The van der Waals surface area contributed by atoms with Gasteiger partial charge >= 0.3 is 5.97 Å². The first-order valence-electron chi connectivity index (χ1n) is 7.72. The summed E-state index contributed by atoms with van der Waals surface area (Å²) in [6.07, 6.45) is 6.72. The lowest BCUT2D eigenvalue weighted by atomic mass is 9.78. The second kappa shape index (κ2) is 6.23. The lowest BCUT2D eigenvalue weighted by molar-refractivity contribution is -0.151. The van der Waals surface area contributed by atoms with Crippen LogP contribution in [0.3, 0.4) is 0 Å². The van der Waals surface area contributed by atoms with Crippen LogP contribution < -0.4 is 5.32 Å². The van der Waals surface area contributed by atoms with E-state index in [9.17, 15) is 4.79 Å². The van der Waals surface area contributed by atoms with Crippen molar-refractivity contribution in [2.75, 3.05) is 20.2 Å². The summed E-state index contributed by atoms with van der Waals surface area (Å²) in [7, 11) is 1.50. The van der Waals surface area contributed by atoms with Crippen LogP contribution >= 0.6 is 0 Å². The van der Waals surface area contributed by atoms with E-state index >= 15 is 0 Å². The van der Waals surface area contributed by atoms with Crippen LogP contribution in [0.5, 0.6) is 0 Å². The third kappa shape index (κ3) is 2.95. The molecule has 1 aliphatic carbocycles. The normalized spacial score (nSPS) is 36.4. The van der Waals surface area contributed by atoms with Gasteiger partial charge in [-0.3, -0.25) is 9.69 Å². The molecular weight excluding hydrogens is 240 g/mol. The predicted octanol–water partition coefficient (Wildman–Crippen LogP) is 1.93. The molecule has 0 bridgehead atoms. The number of likely N-dealkylation sites (tertiary alicyclic amines) is 1. The van der Waals surface area contributed by atoms with Gasteiger partial charge in [-0.05, 0) is 58.5 Å². The average molecular weight is 268 g/mol. The molecule has 3 unspecified atom stereocenters. The van der Waals surface area contributed by atoms with Gasteiger partial charge in [-0.2, -0.15) is 0 Å². The molecular formula is C15H28N2O2. The quantitative estimate of drug-likeness (QED) is 0.791. The summed E-state index contributed by atoms with van der Waals surface area (Å²) in [5.74, 6) is -0.0779. The van der Waals surface area contributed by atoms with Crippen LogP contribution in [0.4, 0.5) is 0 Å². The van der Waals surface area contributed by atoms with Crippen LogP contribution in [0.1, 0.15) is 52.4 Å². The Hall–Kier alpha value is -0.610. The largest absolute Gasteiger partial charge is 0.468 e. The van der Waals surface area contributed by atoms with E-state index in [-0.39, 0.29) is 5.97 Å². The summed E-state index contributed by atoms with van der Waals surface area (Å²) in [6.45, 7) is 6.38. The Balaban J connectivity index is 2.10. The van der Waals surface area contributed by atoms with E-state index in [1.165, 1.54) is 32.9 Å². The topological polar surface area (TPSA) is 41.6 Å². The van der Waals surface area contributed by atoms with E-state index in [1.807, 2.05) is 0 Å². The third-order valence-electron chi connectivity index (χ3n) is 4.89. The van der Waals surface area contributed by atoms with Crippen LogP contribution in [-0.4, -0.2) is 48.7 Å². The SMILES string of the molecule is CCNC1(C(=O)OC)CCCC(N2CCCC2C)C1. The van der Waals surface area contributed by atoms with Gasteiger partial charge < -0.3 is 10.1 Å². The highest BCUT2D eigenvalue weighted by atomic mass is 16.5. The first-order valence-corrected chi connectivity index (χ1v) is 7.72. The van der Waals surface area contributed by atoms with Gasteiger partial charge in [0, 0.05) is 12.1 Å². The van der Waals surface area contributed by atoms with Gasteiger partial charge in [0.2, 0.25) is 0 Å². The van der Waals surface area contributed by atoms with Gasteiger partial charge in [-0.1, -0.05) is 6.92 Å². The van der Waals surface area contributed by atoms with Crippen molar-refractivity contribution >= 4 is 5.97 Å². The Kier molecular flexibility index (Phi) is 4.85. The number of rotatable bonds is 4. The molecule has 1 N–H and O–H groups in total. The van der Waals surface area contributed by atoms with Crippen LogP contribution in [0.2, 0.25) is 0 Å². The minimum Gasteiger partial charge on any atom is -0.468 e. The molecule has 110 valence electrons. The van der Waals surface area contributed by atoms with Crippen molar-refractivity contribution in [3.63, 3.8) is 0 Å². The van der Waals surface area contributed by atoms with Gasteiger partial charge in [0.25, 0.3) is 0 Å². The fraction of sp³-hybridized carbons (Fsp3) is 0.933. The van der Waals surface area contributed by atoms with E-state index < -0.39 is 5.54 Å². The van der Waals surface area contributed by atoms with E-state index in [0.717, 1.165) is 25.8 Å². The highest BCUT2D eigenvalue weighted by Crippen LogP contribution is 2.35. The zero-order chi connectivity index (χ0) is 13.9. The number of ether oxygens (including phenoxy) is 1. The molecule has 0 aromatic heterocycles. The lowest BCUT2D eigenvalue weighted by Crippen LogP contribution is -2.59. The Bertz CT molecular complexity index is 317. The van der Waals surface area contributed by atoms with E-state index in [1.54, 1.807) is 0 Å². The van der Waals surface area contributed by atoms with Crippen molar-refractivity contribution in [1.82, 2.24) is 10.2 Å². The smallest absolute Gasteiger partial charge is 0.326 e. The molecule has 1 aliphatic heterocycles. The van der Waals surface area contributed by atoms with Crippen LogP contribution in [0.25, 0.3) is 0 Å². The zero-order valence-electron chi connectivity index (χ0n) is 12.6. The Morgan fingerprint density at radius 1 is 1.42 bits per heavy atom. The Labute approximate surface area is 116 Å². The van der Waals surface area contributed by atoms with Crippen molar-refractivity contribution in [3.05, 3.63) is 0 Å². The van der Waals surface area contributed by atoms with Gasteiger partial charge in [0.1, 0.15) is 5.54 Å². The lowest BCUT2D eigenvalue weighted by Gasteiger charge is -2.43. The van der Waals surface area contributed by atoms with Crippen molar-refractivity contribution in [2.24, 2.45) is 0 Å². The molecule has 1 heterocycles. The number of nitrogens with zero attached hydrogens (tertiary/aromatic N) is 1. The summed E-state index contributed by atoms with van der Waals surface area (Å²) in [4.78, 5) is 14.8. The van der Waals surface area contributed by atoms with Gasteiger partial charge in [0.15, 0.2) is 0 Å². The summed E-state index contributed by atoms with van der Waals surface area (Å²) >= 11 is 0. The Morgan fingerprint density at radius 2 is 2.21 bits per heavy atom. The molecule has 1 saturated carbocycles. The summed E-state index contributed by atoms with van der Waals surface area (Å²) in [5, 5.41) is 3.42. The fourth-order valence-electron chi connectivity index (χ4n) is 3.98. The van der Waals surface area contributed by atoms with Crippen molar-refractivity contribution in [2.45, 2.75) is 70.0 Å². The highest BCUT2D eigenvalue weighted by molar-refractivity contribution is 5.81. The molecule has 2 aliphatic rings. The van der Waals surface area contributed by atoms with E-state index in [4.69, 9.17) is 4.74 Å². The van der Waals surface area contributed by atoms with E-state index in [0.29, 0.717) is 12.1 Å². The maximum absolute atomic E-state index is 12.2. The third-order valence-corrected chi connectivity index (χ3v) is 4.89. The molecule has 2 fully saturated rings. The van der Waals surface area contributed by atoms with Crippen LogP contribution in [-0.2, 0) is 9.53 Å². The number of nitrogens with one attached hydrogen (secondary N) is 1. The molecule has 1 saturated heterocycles. The van der Waals surface area contributed by atoms with E-state index in [2.05, 4.69) is 24.1 Å². The molecule has 0 radical (unpaired) electrons. The number of carbonyl (C=O) groups is 1. The fourth-order valence-corrected chi connectivity index (χ4v) is 3.98. The summed E-state index contributed by atoms with van der Waals surface area (Å²) in [5.41, 5.74) is -0.450. The molecule has 0 aromatic carbocycles. The van der Waals surface area contributed by atoms with Crippen molar-refractivity contribution in [3.8, 4) is 0 Å². The zero-order valence-corrected chi connectivity index (χ0v) is 12.6. The van der Waals surface area contributed by atoms with Crippen molar-refractivity contribution in [1.29, 1.82) is 0 Å². The number of esters is 1. The highest BCUT2D eigenvalue weighted by Gasteiger charge is 2.45. The van der Waals surface area contributed by atoms with Crippen LogP contribution in [0.15, 0.2) is 0 Å². The van der Waals surface area contributed by atoms with Crippen molar-refractivity contribution < 1.29 is 9.53 Å². The Morgan fingerprint density at radius 3 is 2.79 bits per heavy atom. The van der Waals surface area contributed by atoms with Gasteiger partial charge in [0.05, 0.1) is 7.11 Å². The number of likely N-dealkylation sites (N-methyl/N-ethyl adjacent to an activating group) is 1. The first-order chi connectivity index (χ1) is 9.13. The standard InChI is InChI=1S/C15H28N2O2/c1-4-16-15(14(18)19-3)9-5-8-13(11-15)17-10-6-7-12(17)2/h12-13,16H,4-11H2,1-3H3. The molecule has 19 heavy (non-hydrogen) atoms. The molecule has 2 rings (SSSR count). The number of methoxy groups -OCH3 is 1. The monoisotopic (exact) mass is 268 g/mol. The second-order valence-electron chi connectivity index (χ2n) is 6.08. The van der Waals surface area contributed by atoms with Gasteiger partial charge in [-0.15, -0.1) is 0 Å². The molecule has 0 spiro atoms. The summed E-state index contributed by atoms with van der Waals surface area (Å²) < 4.78 is 5.06. The average Bonchev–Trinajstić information content (AvgIpc) is 2.84. The summed E-state index contributed by atoms with van der Waals surface area (Å²) in [6, 6.07) is 1.20.